The van der Waals surface area contributed by atoms with Crippen molar-refractivity contribution in [3.8, 4) is 28.6 Å². The van der Waals surface area contributed by atoms with Gasteiger partial charge in [-0.3, -0.25) is 0 Å². The molecule has 0 spiro atoms. The number of nitrogens with zero attached hydrogens (tertiary/aromatic N) is 4. The first-order valence-electron chi connectivity index (χ1n) is 8.42. The van der Waals surface area contributed by atoms with Gasteiger partial charge in [-0.2, -0.15) is 0 Å². The summed E-state index contributed by atoms with van der Waals surface area (Å²) in [6, 6.07) is 12.6. The molecule has 4 aromatic rings. The summed E-state index contributed by atoms with van der Waals surface area (Å²) in [6.45, 7) is 0. The maximum Gasteiger partial charge on any atom is 0.226 e. The van der Waals surface area contributed by atoms with Crippen LogP contribution in [0.1, 0.15) is 5.69 Å². The van der Waals surface area contributed by atoms with Crippen LogP contribution < -0.4 is 10.6 Å². The third kappa shape index (κ3) is 4.19. The van der Waals surface area contributed by atoms with Gasteiger partial charge in [0.15, 0.2) is 5.82 Å². The minimum absolute atomic E-state index is 0.452. The summed E-state index contributed by atoms with van der Waals surface area (Å²) in [7, 11) is 1.62. The molecule has 10 heteroatoms. The number of oxazole rings is 1. The molecule has 2 aromatic heterocycles. The van der Waals surface area contributed by atoms with Crippen LogP contribution in [0.15, 0.2) is 58.3 Å². The number of ether oxygens (including phenoxy) is 1. The maximum absolute atomic E-state index is 6.24. The molecule has 29 heavy (non-hydrogen) atoms. The van der Waals surface area contributed by atoms with E-state index < -0.39 is 0 Å². The summed E-state index contributed by atoms with van der Waals surface area (Å²) < 4.78 is 12.1. The zero-order valence-corrected chi connectivity index (χ0v) is 17.5. The zero-order valence-electron chi connectivity index (χ0n) is 15.2. The van der Waals surface area contributed by atoms with Gasteiger partial charge in [0.1, 0.15) is 12.0 Å². The normalized spacial score (nSPS) is 11.0. The fraction of sp³-hybridized carbons (Fsp3) is 0.105. The molecule has 148 valence electrons. The van der Waals surface area contributed by atoms with E-state index in [1.807, 2.05) is 24.3 Å². The van der Waals surface area contributed by atoms with Gasteiger partial charge >= 0.3 is 0 Å². The van der Waals surface area contributed by atoms with Gasteiger partial charge in [0, 0.05) is 21.9 Å². The van der Waals surface area contributed by atoms with Crippen molar-refractivity contribution in [1.29, 1.82) is 0 Å². The summed E-state index contributed by atoms with van der Waals surface area (Å²) in [6.07, 6.45) is 1.61. The minimum atomic E-state index is 0.452. The predicted octanol–water partition coefficient (Wildman–Crippen LogP) is 4.92. The molecule has 2 N–H and O–H groups in total. The van der Waals surface area contributed by atoms with Crippen LogP contribution in [0.2, 0.25) is 10.0 Å². The molecular weight excluding hydrogens is 433 g/mol. The second kappa shape index (κ2) is 8.36. The topological polar surface area (TPSA) is 92.0 Å². The standard InChI is InChI=1S/C19H15Cl2N5O2S/c1-27-14-5-2-11(3-6-14)18-23-13(9-28-18)10-29-19-25-24-17(26(19)22)15-7-4-12(20)8-16(15)21/h2-9H,10,22H2,1H3. The Kier molecular flexibility index (Phi) is 5.66. The van der Waals surface area contributed by atoms with Crippen molar-refractivity contribution in [1.82, 2.24) is 19.9 Å². The molecule has 4 rings (SSSR count). The number of benzene rings is 2. The molecule has 7 nitrogen and oxygen atoms in total. The highest BCUT2D eigenvalue weighted by Gasteiger charge is 2.16. The maximum atomic E-state index is 6.24. The van der Waals surface area contributed by atoms with Crippen molar-refractivity contribution in [3.63, 3.8) is 0 Å². The summed E-state index contributed by atoms with van der Waals surface area (Å²) in [5.41, 5.74) is 2.28. The molecule has 2 aromatic carbocycles. The molecule has 0 saturated heterocycles. The van der Waals surface area contributed by atoms with Crippen molar-refractivity contribution in [3.05, 3.63) is 64.5 Å². The van der Waals surface area contributed by atoms with E-state index >= 15 is 0 Å². The number of thioether (sulfide) groups is 1. The van der Waals surface area contributed by atoms with Gasteiger partial charge in [0.2, 0.25) is 11.0 Å². The lowest BCUT2D eigenvalue weighted by atomic mass is 10.2. The average Bonchev–Trinajstić information content (AvgIpc) is 3.34. The SMILES string of the molecule is COc1ccc(-c2nc(CSc3nnc(-c4ccc(Cl)cc4Cl)n3N)co2)cc1. The van der Waals surface area contributed by atoms with E-state index in [0.29, 0.717) is 38.2 Å². The van der Waals surface area contributed by atoms with Crippen LogP contribution in [-0.4, -0.2) is 27.0 Å². The summed E-state index contributed by atoms with van der Waals surface area (Å²) in [4.78, 5) is 4.51. The van der Waals surface area contributed by atoms with E-state index in [-0.39, 0.29) is 0 Å². The van der Waals surface area contributed by atoms with Gasteiger partial charge < -0.3 is 15.0 Å². The van der Waals surface area contributed by atoms with Crippen LogP contribution >= 0.6 is 35.0 Å². The first-order valence-corrected chi connectivity index (χ1v) is 10.2. The molecule has 0 unspecified atom stereocenters. The highest BCUT2D eigenvalue weighted by Crippen LogP contribution is 2.31. The van der Waals surface area contributed by atoms with Crippen LogP contribution in [0.3, 0.4) is 0 Å². The Morgan fingerprint density at radius 2 is 1.93 bits per heavy atom. The first kappa shape index (κ1) is 19.6. The van der Waals surface area contributed by atoms with Crippen molar-refractivity contribution in [2.75, 3.05) is 13.0 Å². The number of nitrogens with two attached hydrogens (primary N) is 1. The molecule has 0 fully saturated rings. The van der Waals surface area contributed by atoms with Gasteiger partial charge in [-0.15, -0.1) is 10.2 Å². The quantitative estimate of drug-likeness (QED) is 0.331. The second-order valence-corrected chi connectivity index (χ2v) is 7.75. The van der Waals surface area contributed by atoms with Crippen molar-refractivity contribution >= 4 is 35.0 Å². The number of halogens is 2. The molecule has 0 aliphatic rings. The lowest BCUT2D eigenvalue weighted by Crippen LogP contribution is -2.11. The molecule has 2 heterocycles. The first-order chi connectivity index (χ1) is 14.0. The summed E-state index contributed by atoms with van der Waals surface area (Å²) in [5.74, 6) is 8.43. The molecule has 0 radical (unpaired) electrons. The minimum Gasteiger partial charge on any atom is -0.497 e. The average molecular weight is 448 g/mol. The van der Waals surface area contributed by atoms with Crippen molar-refractivity contribution < 1.29 is 9.15 Å². The molecule has 0 bridgehead atoms. The van der Waals surface area contributed by atoms with Gasteiger partial charge in [0.05, 0.1) is 17.8 Å². The fourth-order valence-electron chi connectivity index (χ4n) is 2.61. The Hall–Kier alpha value is -2.68. The molecule has 0 atom stereocenters. The van der Waals surface area contributed by atoms with Crippen LogP contribution in [0, 0.1) is 0 Å². The highest BCUT2D eigenvalue weighted by atomic mass is 35.5. The van der Waals surface area contributed by atoms with Crippen LogP contribution in [0.5, 0.6) is 5.75 Å². The van der Waals surface area contributed by atoms with Gasteiger partial charge in [-0.25, -0.2) is 9.66 Å². The number of aromatic nitrogens is 4. The van der Waals surface area contributed by atoms with E-state index in [2.05, 4.69) is 15.2 Å². The Bertz CT molecular complexity index is 1140. The third-order valence-corrected chi connectivity index (χ3v) is 5.60. The van der Waals surface area contributed by atoms with E-state index in [9.17, 15) is 0 Å². The van der Waals surface area contributed by atoms with E-state index in [1.165, 1.54) is 16.4 Å². The van der Waals surface area contributed by atoms with Gasteiger partial charge in [-0.1, -0.05) is 35.0 Å². The smallest absolute Gasteiger partial charge is 0.226 e. The Morgan fingerprint density at radius 3 is 2.66 bits per heavy atom. The second-order valence-electron chi connectivity index (χ2n) is 5.96. The molecule has 0 aliphatic carbocycles. The van der Waals surface area contributed by atoms with E-state index in [1.54, 1.807) is 31.6 Å². The van der Waals surface area contributed by atoms with Crippen LogP contribution in [0.4, 0.5) is 0 Å². The summed E-state index contributed by atoms with van der Waals surface area (Å²) in [5, 5.41) is 9.80. The van der Waals surface area contributed by atoms with Crippen LogP contribution in [-0.2, 0) is 5.75 Å². The zero-order chi connectivity index (χ0) is 20.4. The van der Waals surface area contributed by atoms with Gasteiger partial charge in [0.25, 0.3) is 0 Å². The Balaban J connectivity index is 1.47. The monoisotopic (exact) mass is 447 g/mol. The third-order valence-electron chi connectivity index (χ3n) is 4.07. The van der Waals surface area contributed by atoms with Crippen molar-refractivity contribution in [2.45, 2.75) is 10.9 Å². The predicted molar refractivity (Wildman–Crippen MR) is 114 cm³/mol. The summed E-state index contributed by atoms with van der Waals surface area (Å²) >= 11 is 13.6. The lowest BCUT2D eigenvalue weighted by molar-refractivity contribution is 0.415. The molecular formula is C19H15Cl2N5O2S. The lowest BCUT2D eigenvalue weighted by Gasteiger charge is -2.05. The van der Waals surface area contributed by atoms with Crippen LogP contribution in [0.25, 0.3) is 22.8 Å². The van der Waals surface area contributed by atoms with E-state index in [4.69, 9.17) is 38.2 Å². The number of methoxy groups -OCH3 is 1. The van der Waals surface area contributed by atoms with E-state index in [0.717, 1.165) is 17.0 Å². The largest absolute Gasteiger partial charge is 0.497 e. The number of nitrogen functional groups attached to an aromatic ring is 1. The van der Waals surface area contributed by atoms with Crippen molar-refractivity contribution in [2.24, 2.45) is 0 Å². The Labute approximate surface area is 180 Å². The number of hydrogen-bond donors (Lipinski definition) is 1. The number of rotatable bonds is 6. The van der Waals surface area contributed by atoms with Gasteiger partial charge in [-0.05, 0) is 42.5 Å². The Morgan fingerprint density at radius 1 is 1.14 bits per heavy atom. The molecule has 0 saturated carbocycles. The highest BCUT2D eigenvalue weighted by molar-refractivity contribution is 7.98. The number of hydrogen-bond acceptors (Lipinski definition) is 7. The molecule has 0 amide bonds. The fourth-order valence-corrected chi connectivity index (χ4v) is 3.83. The molecule has 0 aliphatic heterocycles.